The van der Waals surface area contributed by atoms with Gasteiger partial charge in [0.15, 0.2) is 0 Å². The number of oxime groups is 1. The van der Waals surface area contributed by atoms with Crippen molar-refractivity contribution < 1.29 is 18.8 Å². The second-order valence-electron chi connectivity index (χ2n) is 4.53. The molecule has 1 rings (SSSR count). The van der Waals surface area contributed by atoms with Gasteiger partial charge in [0.1, 0.15) is 23.0 Å². The third-order valence-corrected chi connectivity index (χ3v) is 2.80. The van der Waals surface area contributed by atoms with E-state index in [1.165, 1.54) is 11.0 Å². The molecule has 0 radical (unpaired) electrons. The van der Waals surface area contributed by atoms with Crippen molar-refractivity contribution in [3.63, 3.8) is 0 Å². The van der Waals surface area contributed by atoms with Crippen LogP contribution in [0.4, 0.5) is 8.78 Å². The predicted octanol–water partition coefficient (Wildman–Crippen LogP) is 1.95. The molecule has 0 unspecified atom stereocenters. The number of rotatable bonds is 5. The van der Waals surface area contributed by atoms with Crippen molar-refractivity contribution >= 4 is 11.7 Å². The van der Waals surface area contributed by atoms with Gasteiger partial charge in [0.25, 0.3) is 5.91 Å². The highest BCUT2D eigenvalue weighted by Gasteiger charge is 2.24. The number of amides is 1. The number of carbonyl (C=O) groups is 1. The molecule has 1 aromatic rings. The van der Waals surface area contributed by atoms with E-state index in [4.69, 9.17) is 10.9 Å². The minimum Gasteiger partial charge on any atom is -0.409 e. The Balaban J connectivity index is 3.00. The molecule has 0 aliphatic rings. The zero-order valence-electron chi connectivity index (χ0n) is 11.3. The third kappa shape index (κ3) is 3.66. The molecule has 0 aromatic heterocycles. The first-order valence-electron chi connectivity index (χ1n) is 6.09. The van der Waals surface area contributed by atoms with Crippen LogP contribution in [0, 0.1) is 11.6 Å². The van der Waals surface area contributed by atoms with Gasteiger partial charge in [-0.3, -0.25) is 4.79 Å². The third-order valence-electron chi connectivity index (χ3n) is 2.80. The minimum absolute atomic E-state index is 0.0579. The van der Waals surface area contributed by atoms with Crippen LogP contribution in [0.5, 0.6) is 0 Å². The summed E-state index contributed by atoms with van der Waals surface area (Å²) in [6.07, 6.45) is 0.108. The van der Waals surface area contributed by atoms with Crippen LogP contribution in [0.25, 0.3) is 0 Å². The summed E-state index contributed by atoms with van der Waals surface area (Å²) in [6, 6.07) is 2.96. The highest BCUT2D eigenvalue weighted by molar-refractivity contribution is 5.95. The Morgan fingerprint density at radius 3 is 2.40 bits per heavy atom. The first-order chi connectivity index (χ1) is 9.38. The Hall–Kier alpha value is -2.18. The fourth-order valence-electron chi connectivity index (χ4n) is 1.72. The van der Waals surface area contributed by atoms with Crippen molar-refractivity contribution in [2.75, 3.05) is 6.54 Å². The second kappa shape index (κ2) is 6.83. The topological polar surface area (TPSA) is 78.9 Å². The predicted molar refractivity (Wildman–Crippen MR) is 70.6 cm³/mol. The highest BCUT2D eigenvalue weighted by atomic mass is 19.1. The van der Waals surface area contributed by atoms with Gasteiger partial charge in [-0.1, -0.05) is 11.2 Å². The Kier molecular flexibility index (Phi) is 5.42. The maximum Gasteiger partial charge on any atom is 0.260 e. The van der Waals surface area contributed by atoms with Crippen molar-refractivity contribution in [2.24, 2.45) is 10.9 Å². The highest BCUT2D eigenvalue weighted by Crippen LogP contribution is 2.16. The molecule has 20 heavy (non-hydrogen) atoms. The Morgan fingerprint density at radius 1 is 1.40 bits per heavy atom. The number of nitrogens with two attached hydrogens (primary N) is 1. The number of amidine groups is 1. The van der Waals surface area contributed by atoms with Crippen LogP contribution in [0.3, 0.4) is 0 Å². The molecule has 0 saturated heterocycles. The fraction of sp³-hybridized carbons (Fsp3) is 0.385. The molecule has 5 nitrogen and oxygen atoms in total. The molecule has 0 atom stereocenters. The maximum atomic E-state index is 13.6. The Labute approximate surface area is 115 Å². The van der Waals surface area contributed by atoms with Crippen LogP contribution in [-0.2, 0) is 0 Å². The molecule has 1 aromatic carbocycles. The van der Waals surface area contributed by atoms with E-state index in [9.17, 15) is 13.6 Å². The first-order valence-corrected chi connectivity index (χ1v) is 6.09. The van der Waals surface area contributed by atoms with Crippen LogP contribution in [-0.4, -0.2) is 34.4 Å². The lowest BCUT2D eigenvalue weighted by Gasteiger charge is -2.27. The van der Waals surface area contributed by atoms with Gasteiger partial charge in [-0.15, -0.1) is 0 Å². The summed E-state index contributed by atoms with van der Waals surface area (Å²) in [5.74, 6) is -2.65. The average Bonchev–Trinajstić information content (AvgIpc) is 2.38. The zero-order chi connectivity index (χ0) is 15.3. The smallest absolute Gasteiger partial charge is 0.260 e. The molecular weight excluding hydrogens is 268 g/mol. The van der Waals surface area contributed by atoms with E-state index in [1.54, 1.807) is 13.8 Å². The van der Waals surface area contributed by atoms with Crippen molar-refractivity contribution in [1.82, 2.24) is 4.90 Å². The maximum absolute atomic E-state index is 13.6. The number of halogens is 2. The molecule has 3 N–H and O–H groups in total. The molecule has 7 heteroatoms. The Morgan fingerprint density at radius 2 is 1.95 bits per heavy atom. The SMILES string of the molecule is CC(C)N(CCC(N)=NO)C(=O)c1c(F)cccc1F. The van der Waals surface area contributed by atoms with Crippen LogP contribution >= 0.6 is 0 Å². The molecule has 0 spiro atoms. The zero-order valence-corrected chi connectivity index (χ0v) is 11.3. The molecule has 0 fully saturated rings. The van der Waals surface area contributed by atoms with Crippen LogP contribution in [0.15, 0.2) is 23.4 Å². The lowest BCUT2D eigenvalue weighted by atomic mass is 10.1. The molecule has 0 aliphatic heterocycles. The molecular formula is C13H17F2N3O2. The van der Waals surface area contributed by atoms with Gasteiger partial charge in [-0.2, -0.15) is 0 Å². The van der Waals surface area contributed by atoms with Gasteiger partial charge >= 0.3 is 0 Å². The van der Waals surface area contributed by atoms with Gasteiger partial charge in [0.2, 0.25) is 0 Å². The van der Waals surface area contributed by atoms with Crippen molar-refractivity contribution in [2.45, 2.75) is 26.3 Å². The lowest BCUT2D eigenvalue weighted by molar-refractivity contribution is 0.0701. The van der Waals surface area contributed by atoms with E-state index in [-0.39, 0.29) is 24.8 Å². The van der Waals surface area contributed by atoms with Gasteiger partial charge < -0.3 is 15.8 Å². The summed E-state index contributed by atoms with van der Waals surface area (Å²) in [6.45, 7) is 3.52. The van der Waals surface area contributed by atoms with Crippen LogP contribution in [0.1, 0.15) is 30.6 Å². The summed E-state index contributed by atoms with van der Waals surface area (Å²) >= 11 is 0. The van der Waals surface area contributed by atoms with Crippen molar-refractivity contribution in [3.05, 3.63) is 35.4 Å². The average molecular weight is 285 g/mol. The first kappa shape index (κ1) is 15.9. The van der Waals surface area contributed by atoms with E-state index in [0.29, 0.717) is 0 Å². The van der Waals surface area contributed by atoms with E-state index in [1.807, 2.05) is 0 Å². The standard InChI is InChI=1S/C13H17F2N3O2/c1-8(2)18(7-6-11(16)17-20)13(19)12-9(14)4-3-5-10(12)15/h3-5,8,20H,6-7H2,1-2H3,(H2,16,17). The molecule has 0 bridgehead atoms. The van der Waals surface area contributed by atoms with Gasteiger partial charge in [-0.25, -0.2) is 8.78 Å². The van der Waals surface area contributed by atoms with Gasteiger partial charge in [0, 0.05) is 19.0 Å². The fourth-order valence-corrected chi connectivity index (χ4v) is 1.72. The van der Waals surface area contributed by atoms with E-state index in [2.05, 4.69) is 5.16 Å². The summed E-state index contributed by atoms with van der Waals surface area (Å²) in [5.41, 5.74) is 4.74. The number of hydrogen-bond acceptors (Lipinski definition) is 3. The van der Waals surface area contributed by atoms with E-state index < -0.39 is 23.1 Å². The summed E-state index contributed by atoms with van der Waals surface area (Å²) in [5, 5.41) is 11.3. The molecule has 110 valence electrons. The minimum atomic E-state index is -0.913. The Bertz CT molecular complexity index is 498. The monoisotopic (exact) mass is 285 g/mol. The van der Waals surface area contributed by atoms with Gasteiger partial charge in [-0.05, 0) is 26.0 Å². The largest absolute Gasteiger partial charge is 0.409 e. The van der Waals surface area contributed by atoms with E-state index >= 15 is 0 Å². The molecule has 1 amide bonds. The number of hydrogen-bond donors (Lipinski definition) is 2. The quantitative estimate of drug-likeness (QED) is 0.375. The summed E-state index contributed by atoms with van der Waals surface area (Å²) in [7, 11) is 0. The van der Waals surface area contributed by atoms with Gasteiger partial charge in [0.05, 0.1) is 0 Å². The number of nitrogens with zero attached hydrogens (tertiary/aromatic N) is 2. The van der Waals surface area contributed by atoms with E-state index in [0.717, 1.165) is 12.1 Å². The van der Waals surface area contributed by atoms with Crippen LogP contribution < -0.4 is 5.73 Å². The van der Waals surface area contributed by atoms with Crippen molar-refractivity contribution in [3.8, 4) is 0 Å². The summed E-state index contributed by atoms with van der Waals surface area (Å²) < 4.78 is 27.2. The molecule has 0 heterocycles. The molecule has 0 aliphatic carbocycles. The number of benzene rings is 1. The summed E-state index contributed by atoms with van der Waals surface area (Å²) in [4.78, 5) is 13.5. The van der Waals surface area contributed by atoms with Crippen LogP contribution in [0.2, 0.25) is 0 Å². The second-order valence-corrected chi connectivity index (χ2v) is 4.53. The normalized spacial score (nSPS) is 11.8. The lowest BCUT2D eigenvalue weighted by Crippen LogP contribution is -2.40. The molecule has 0 saturated carbocycles. The number of carbonyl (C=O) groups excluding carboxylic acids is 1. The van der Waals surface area contributed by atoms with Crippen molar-refractivity contribution in [1.29, 1.82) is 0 Å².